The van der Waals surface area contributed by atoms with Gasteiger partial charge in [0.1, 0.15) is 0 Å². The lowest BCUT2D eigenvalue weighted by molar-refractivity contribution is -0.0400. The number of ether oxygens (including phenoxy) is 1. The van der Waals surface area contributed by atoms with Gasteiger partial charge in [-0.2, -0.15) is 15.6 Å². The van der Waals surface area contributed by atoms with E-state index in [4.69, 9.17) is 15.3 Å². The first-order chi connectivity index (χ1) is 10.2. The van der Waals surface area contributed by atoms with Crippen LogP contribution in [0.4, 0.5) is 0 Å². The van der Waals surface area contributed by atoms with E-state index in [0.717, 1.165) is 31.7 Å². The van der Waals surface area contributed by atoms with Crippen molar-refractivity contribution >= 4 is 0 Å². The largest absolute Gasteiger partial charge is 0.374 e. The van der Waals surface area contributed by atoms with Crippen molar-refractivity contribution in [2.24, 2.45) is 5.92 Å². The molecular weight excluding hydrogens is 266 g/mol. The van der Waals surface area contributed by atoms with Crippen LogP contribution in [-0.2, 0) is 11.3 Å². The van der Waals surface area contributed by atoms with Crippen molar-refractivity contribution in [3.63, 3.8) is 0 Å². The molecule has 0 bridgehead atoms. The third-order valence-corrected chi connectivity index (χ3v) is 3.64. The molecule has 6 heteroatoms. The van der Waals surface area contributed by atoms with Gasteiger partial charge in [0.05, 0.1) is 43.5 Å². The lowest BCUT2D eigenvalue weighted by atomic mass is 10.0. The maximum absolute atomic E-state index is 9.16. The normalized spacial score (nSPS) is 20.6. The number of rotatable bonds is 6. The molecule has 0 unspecified atom stereocenters. The summed E-state index contributed by atoms with van der Waals surface area (Å²) in [5, 5.41) is 22.1. The third kappa shape index (κ3) is 4.86. The molecule has 0 N–H and O–H groups in total. The van der Waals surface area contributed by atoms with Crippen molar-refractivity contribution in [2.75, 3.05) is 26.2 Å². The van der Waals surface area contributed by atoms with E-state index in [0.29, 0.717) is 19.4 Å². The van der Waals surface area contributed by atoms with Gasteiger partial charge in [-0.05, 0) is 18.9 Å². The van der Waals surface area contributed by atoms with Crippen LogP contribution in [0.1, 0.15) is 18.4 Å². The predicted molar refractivity (Wildman–Crippen MR) is 77.1 cm³/mol. The smallest absolute Gasteiger partial charge is 0.0898 e. The summed E-state index contributed by atoms with van der Waals surface area (Å²) in [5.74, 6) is -0.0738. The molecule has 1 saturated heterocycles. The van der Waals surface area contributed by atoms with Crippen LogP contribution >= 0.6 is 0 Å². The minimum Gasteiger partial charge on any atom is -0.374 e. The molecule has 1 aliphatic rings. The fourth-order valence-electron chi connectivity index (χ4n) is 2.58. The highest BCUT2D eigenvalue weighted by Crippen LogP contribution is 2.13. The van der Waals surface area contributed by atoms with Gasteiger partial charge in [0.15, 0.2) is 0 Å². The van der Waals surface area contributed by atoms with Gasteiger partial charge in [0.2, 0.25) is 0 Å². The molecule has 0 aromatic carbocycles. The van der Waals surface area contributed by atoms with Gasteiger partial charge in [-0.1, -0.05) is 0 Å². The van der Waals surface area contributed by atoms with Gasteiger partial charge in [-0.3, -0.25) is 9.58 Å². The first kappa shape index (κ1) is 15.5. The second kappa shape index (κ2) is 7.78. The number of morpholine rings is 1. The number of aryl methyl sites for hydroxylation is 1. The summed E-state index contributed by atoms with van der Waals surface area (Å²) in [7, 11) is 0. The molecule has 1 aromatic heterocycles. The maximum atomic E-state index is 9.16. The van der Waals surface area contributed by atoms with Crippen molar-refractivity contribution in [3.8, 4) is 12.1 Å². The van der Waals surface area contributed by atoms with E-state index in [1.807, 2.05) is 24.0 Å². The molecule has 0 aliphatic carbocycles. The molecule has 1 fully saturated rings. The maximum Gasteiger partial charge on any atom is 0.0898 e. The second-order valence-corrected chi connectivity index (χ2v) is 5.51. The zero-order chi connectivity index (χ0) is 15.1. The van der Waals surface area contributed by atoms with Crippen LogP contribution in [0.15, 0.2) is 12.4 Å². The van der Waals surface area contributed by atoms with E-state index in [-0.39, 0.29) is 12.0 Å². The van der Waals surface area contributed by atoms with E-state index in [1.165, 1.54) is 0 Å². The molecule has 0 radical (unpaired) electrons. The molecule has 0 amide bonds. The summed E-state index contributed by atoms with van der Waals surface area (Å²) < 4.78 is 7.68. The quantitative estimate of drug-likeness (QED) is 0.789. The van der Waals surface area contributed by atoms with Crippen LogP contribution in [0.2, 0.25) is 0 Å². The SMILES string of the molecule is Cc1cnn(C[C@H]2CN(C[C@H](C#N)CCC#N)CCO2)c1. The first-order valence-electron chi connectivity index (χ1n) is 7.31. The fraction of sp³-hybridized carbons (Fsp3) is 0.667. The highest BCUT2D eigenvalue weighted by molar-refractivity contribution is 4.99. The van der Waals surface area contributed by atoms with Gasteiger partial charge >= 0.3 is 0 Å². The van der Waals surface area contributed by atoms with E-state index >= 15 is 0 Å². The van der Waals surface area contributed by atoms with Crippen molar-refractivity contribution in [2.45, 2.75) is 32.4 Å². The Labute approximate surface area is 125 Å². The molecule has 1 aliphatic heterocycles. The number of hydrogen-bond donors (Lipinski definition) is 0. The minimum absolute atomic E-state index is 0.0738. The average Bonchev–Trinajstić information content (AvgIpc) is 2.89. The molecule has 21 heavy (non-hydrogen) atoms. The summed E-state index contributed by atoms with van der Waals surface area (Å²) in [4.78, 5) is 2.26. The molecular formula is C15H21N5O. The molecule has 0 spiro atoms. The van der Waals surface area contributed by atoms with Crippen LogP contribution in [0, 0.1) is 35.5 Å². The van der Waals surface area contributed by atoms with Crippen molar-refractivity contribution < 1.29 is 4.74 Å². The van der Waals surface area contributed by atoms with Gasteiger partial charge in [0.25, 0.3) is 0 Å². The third-order valence-electron chi connectivity index (χ3n) is 3.64. The molecule has 0 saturated carbocycles. The monoisotopic (exact) mass is 287 g/mol. The Balaban J connectivity index is 1.83. The predicted octanol–water partition coefficient (Wildman–Crippen LogP) is 1.34. The van der Waals surface area contributed by atoms with Gasteiger partial charge < -0.3 is 4.74 Å². The van der Waals surface area contributed by atoms with Crippen molar-refractivity contribution in [1.29, 1.82) is 10.5 Å². The van der Waals surface area contributed by atoms with Crippen LogP contribution in [0.5, 0.6) is 0 Å². The van der Waals surface area contributed by atoms with Crippen molar-refractivity contribution in [3.05, 3.63) is 18.0 Å². The fourth-order valence-corrected chi connectivity index (χ4v) is 2.58. The molecule has 6 nitrogen and oxygen atoms in total. The van der Waals surface area contributed by atoms with E-state index in [9.17, 15) is 0 Å². The summed E-state index contributed by atoms with van der Waals surface area (Å²) in [6, 6.07) is 4.41. The molecule has 112 valence electrons. The van der Waals surface area contributed by atoms with Crippen LogP contribution in [0.25, 0.3) is 0 Å². The van der Waals surface area contributed by atoms with E-state index in [1.54, 1.807) is 0 Å². The summed E-state index contributed by atoms with van der Waals surface area (Å²) in [6.45, 7) is 5.81. The zero-order valence-electron chi connectivity index (χ0n) is 12.4. The zero-order valence-corrected chi connectivity index (χ0v) is 12.4. The lowest BCUT2D eigenvalue weighted by Gasteiger charge is -2.33. The Bertz CT molecular complexity index is 527. The Kier molecular flexibility index (Phi) is 5.74. The lowest BCUT2D eigenvalue weighted by Crippen LogP contribution is -2.45. The van der Waals surface area contributed by atoms with Gasteiger partial charge in [-0.15, -0.1) is 0 Å². The average molecular weight is 287 g/mol. The topological polar surface area (TPSA) is 77.9 Å². The molecule has 2 rings (SSSR count). The molecule has 1 aromatic rings. The Morgan fingerprint density at radius 2 is 2.38 bits per heavy atom. The van der Waals surface area contributed by atoms with E-state index < -0.39 is 0 Å². The van der Waals surface area contributed by atoms with Gasteiger partial charge in [-0.25, -0.2) is 0 Å². The highest BCUT2D eigenvalue weighted by Gasteiger charge is 2.23. The van der Waals surface area contributed by atoms with Crippen molar-refractivity contribution in [1.82, 2.24) is 14.7 Å². The Morgan fingerprint density at radius 1 is 1.52 bits per heavy atom. The summed E-state index contributed by atoms with van der Waals surface area (Å²) >= 11 is 0. The Hall–Kier alpha value is -1.89. The molecule has 2 heterocycles. The highest BCUT2D eigenvalue weighted by atomic mass is 16.5. The second-order valence-electron chi connectivity index (χ2n) is 5.51. The summed E-state index contributed by atoms with van der Waals surface area (Å²) in [6.07, 6.45) is 5.04. The molecule has 2 atom stereocenters. The van der Waals surface area contributed by atoms with Crippen LogP contribution < -0.4 is 0 Å². The van der Waals surface area contributed by atoms with Crippen LogP contribution in [0.3, 0.4) is 0 Å². The summed E-state index contributed by atoms with van der Waals surface area (Å²) in [5.41, 5.74) is 1.14. The first-order valence-corrected chi connectivity index (χ1v) is 7.31. The number of nitriles is 2. The van der Waals surface area contributed by atoms with Gasteiger partial charge in [0, 0.05) is 32.3 Å². The Morgan fingerprint density at radius 3 is 3.05 bits per heavy atom. The standard InChI is InChI=1S/C15H21N5O/c1-13-8-18-20(9-13)12-15-11-19(5-6-21-15)10-14(7-17)3-2-4-16/h8-9,14-15H,2-3,5-6,10-12H2,1H3/t14-,15+/m0/s1. The number of hydrogen-bond acceptors (Lipinski definition) is 5. The van der Waals surface area contributed by atoms with Crippen LogP contribution in [-0.4, -0.2) is 47.0 Å². The number of nitrogens with zero attached hydrogens (tertiary/aromatic N) is 5. The minimum atomic E-state index is -0.0738. The van der Waals surface area contributed by atoms with E-state index in [2.05, 4.69) is 22.1 Å². The number of aromatic nitrogens is 2.